The standard InChI is InChI=1S/C16H15F2N3O2S/c1-10(15-20-11-6-2-3-7-12(11)21-15)19-13-8-4-5-9-14(13)24(22,23)16(17)18/h2-10,16,19H,1H3,(H,20,21). The summed E-state index contributed by atoms with van der Waals surface area (Å²) in [5, 5.41) is 2.94. The van der Waals surface area contributed by atoms with Crippen LogP contribution in [-0.2, 0) is 9.84 Å². The minimum absolute atomic E-state index is 0.116. The third kappa shape index (κ3) is 2.96. The van der Waals surface area contributed by atoms with Crippen LogP contribution in [0.1, 0.15) is 18.8 Å². The minimum atomic E-state index is -4.69. The molecular formula is C16H15F2N3O2S. The highest BCUT2D eigenvalue weighted by atomic mass is 32.2. The monoisotopic (exact) mass is 351 g/mol. The van der Waals surface area contributed by atoms with Gasteiger partial charge in [-0.1, -0.05) is 24.3 Å². The highest BCUT2D eigenvalue weighted by Crippen LogP contribution is 2.29. The summed E-state index contributed by atoms with van der Waals surface area (Å²) >= 11 is 0. The molecule has 2 N–H and O–H groups in total. The fraction of sp³-hybridized carbons (Fsp3) is 0.188. The Morgan fingerprint density at radius 2 is 1.75 bits per heavy atom. The fourth-order valence-electron chi connectivity index (χ4n) is 2.41. The minimum Gasteiger partial charge on any atom is -0.374 e. The van der Waals surface area contributed by atoms with E-state index in [2.05, 4.69) is 15.3 Å². The summed E-state index contributed by atoms with van der Waals surface area (Å²) in [6, 6.07) is 12.6. The summed E-state index contributed by atoms with van der Waals surface area (Å²) in [4.78, 5) is 7.12. The van der Waals surface area contributed by atoms with Gasteiger partial charge in [0, 0.05) is 0 Å². The van der Waals surface area contributed by atoms with Crippen molar-refractivity contribution in [1.29, 1.82) is 0 Å². The van der Waals surface area contributed by atoms with Crippen molar-refractivity contribution in [2.45, 2.75) is 23.6 Å². The van der Waals surface area contributed by atoms with Gasteiger partial charge in [0.15, 0.2) is 0 Å². The topological polar surface area (TPSA) is 74.8 Å². The number of hydrogen-bond acceptors (Lipinski definition) is 4. The molecule has 0 fully saturated rings. The van der Waals surface area contributed by atoms with Gasteiger partial charge in [-0.2, -0.15) is 8.78 Å². The third-order valence-electron chi connectivity index (χ3n) is 3.62. The van der Waals surface area contributed by atoms with Crippen LogP contribution in [0.4, 0.5) is 14.5 Å². The summed E-state index contributed by atoms with van der Waals surface area (Å²) in [7, 11) is -4.69. The number of rotatable bonds is 5. The van der Waals surface area contributed by atoms with Crippen LogP contribution in [0.2, 0.25) is 0 Å². The molecule has 0 saturated heterocycles. The molecule has 3 rings (SSSR count). The molecule has 3 aromatic rings. The first-order valence-corrected chi connectivity index (χ1v) is 8.76. The molecular weight excluding hydrogens is 336 g/mol. The number of H-pyrrole nitrogens is 1. The number of para-hydroxylation sites is 3. The second-order valence-electron chi connectivity index (χ2n) is 5.31. The van der Waals surface area contributed by atoms with Gasteiger partial charge in [0.1, 0.15) is 5.82 Å². The van der Waals surface area contributed by atoms with Crippen LogP contribution in [0.15, 0.2) is 53.4 Å². The Bertz CT molecular complexity index is 937. The van der Waals surface area contributed by atoms with Crippen LogP contribution in [0, 0.1) is 0 Å². The first-order valence-electron chi connectivity index (χ1n) is 7.22. The van der Waals surface area contributed by atoms with Gasteiger partial charge in [-0.15, -0.1) is 0 Å². The SMILES string of the molecule is CC(Nc1ccccc1S(=O)(=O)C(F)F)c1nc2ccccc2[nH]1. The van der Waals surface area contributed by atoms with Gasteiger partial charge in [-0.25, -0.2) is 13.4 Å². The number of nitrogens with one attached hydrogen (secondary N) is 2. The van der Waals surface area contributed by atoms with Crippen molar-refractivity contribution in [3.63, 3.8) is 0 Å². The molecule has 8 heteroatoms. The summed E-state index contributed by atoms with van der Waals surface area (Å²) in [6.07, 6.45) is 0. The summed E-state index contributed by atoms with van der Waals surface area (Å²) in [6.45, 7) is 1.77. The second kappa shape index (κ2) is 6.20. The Labute approximate surface area is 137 Å². The number of nitrogens with zero attached hydrogens (tertiary/aromatic N) is 1. The van der Waals surface area contributed by atoms with E-state index in [-0.39, 0.29) is 5.69 Å². The average molecular weight is 351 g/mol. The Morgan fingerprint density at radius 3 is 2.46 bits per heavy atom. The van der Waals surface area contributed by atoms with Crippen LogP contribution in [-0.4, -0.2) is 24.1 Å². The zero-order chi connectivity index (χ0) is 17.3. The Kier molecular flexibility index (Phi) is 4.23. The largest absolute Gasteiger partial charge is 0.374 e. The molecule has 0 radical (unpaired) electrons. The molecule has 0 aliphatic heterocycles. The zero-order valence-electron chi connectivity index (χ0n) is 12.7. The zero-order valence-corrected chi connectivity index (χ0v) is 13.5. The van der Waals surface area contributed by atoms with Gasteiger partial charge in [0.05, 0.1) is 27.7 Å². The lowest BCUT2D eigenvalue weighted by Crippen LogP contribution is -2.16. The van der Waals surface area contributed by atoms with Gasteiger partial charge in [0.2, 0.25) is 9.84 Å². The maximum atomic E-state index is 12.8. The lowest BCUT2D eigenvalue weighted by Gasteiger charge is -2.16. The highest BCUT2D eigenvalue weighted by molar-refractivity contribution is 7.91. The second-order valence-corrected chi connectivity index (χ2v) is 7.19. The molecule has 2 aromatic carbocycles. The molecule has 1 heterocycles. The van der Waals surface area contributed by atoms with Crippen LogP contribution in [0.25, 0.3) is 11.0 Å². The van der Waals surface area contributed by atoms with E-state index >= 15 is 0 Å². The lowest BCUT2D eigenvalue weighted by atomic mass is 10.2. The van der Waals surface area contributed by atoms with E-state index in [1.54, 1.807) is 13.0 Å². The fourth-order valence-corrected chi connectivity index (χ4v) is 3.30. The normalized spacial score (nSPS) is 13.3. The Hall–Kier alpha value is -2.48. The van der Waals surface area contributed by atoms with E-state index in [1.807, 2.05) is 24.3 Å². The van der Waals surface area contributed by atoms with E-state index in [9.17, 15) is 17.2 Å². The van der Waals surface area contributed by atoms with Gasteiger partial charge >= 0.3 is 5.76 Å². The molecule has 0 saturated carbocycles. The predicted molar refractivity (Wildman–Crippen MR) is 87.8 cm³/mol. The van der Waals surface area contributed by atoms with Crippen LogP contribution < -0.4 is 5.32 Å². The van der Waals surface area contributed by atoms with E-state index < -0.39 is 26.5 Å². The maximum absolute atomic E-state index is 12.8. The van der Waals surface area contributed by atoms with Crippen LogP contribution in [0.5, 0.6) is 0 Å². The molecule has 126 valence electrons. The van der Waals surface area contributed by atoms with Crippen molar-refractivity contribution in [3.8, 4) is 0 Å². The van der Waals surface area contributed by atoms with E-state index in [0.29, 0.717) is 5.82 Å². The van der Waals surface area contributed by atoms with E-state index in [0.717, 1.165) is 17.1 Å². The van der Waals surface area contributed by atoms with Crippen LogP contribution in [0.3, 0.4) is 0 Å². The van der Waals surface area contributed by atoms with Gasteiger partial charge in [-0.3, -0.25) is 0 Å². The third-order valence-corrected chi connectivity index (χ3v) is 5.06. The first-order chi connectivity index (χ1) is 11.4. The number of halogens is 2. The number of sulfone groups is 1. The summed E-state index contributed by atoms with van der Waals surface area (Å²) in [5.74, 6) is -2.89. The quantitative estimate of drug-likeness (QED) is 0.734. The Balaban J connectivity index is 1.94. The summed E-state index contributed by atoms with van der Waals surface area (Å²) < 4.78 is 49.3. The molecule has 0 bridgehead atoms. The molecule has 0 aliphatic carbocycles. The number of alkyl halides is 2. The number of aromatic amines is 1. The van der Waals surface area contributed by atoms with Crippen molar-refractivity contribution < 1.29 is 17.2 Å². The Morgan fingerprint density at radius 1 is 1.08 bits per heavy atom. The highest BCUT2D eigenvalue weighted by Gasteiger charge is 2.29. The van der Waals surface area contributed by atoms with E-state index in [4.69, 9.17) is 0 Å². The van der Waals surface area contributed by atoms with Crippen molar-refractivity contribution in [1.82, 2.24) is 9.97 Å². The molecule has 1 aromatic heterocycles. The molecule has 0 spiro atoms. The number of hydrogen-bond donors (Lipinski definition) is 2. The summed E-state index contributed by atoms with van der Waals surface area (Å²) in [5.41, 5.74) is 1.73. The van der Waals surface area contributed by atoms with Gasteiger partial charge in [-0.05, 0) is 31.2 Å². The van der Waals surface area contributed by atoms with E-state index in [1.165, 1.54) is 12.1 Å². The van der Waals surface area contributed by atoms with Gasteiger partial charge < -0.3 is 10.3 Å². The predicted octanol–water partition coefficient (Wildman–Crippen LogP) is 3.73. The lowest BCUT2D eigenvalue weighted by molar-refractivity contribution is 0.235. The molecule has 0 aliphatic rings. The molecule has 5 nitrogen and oxygen atoms in total. The molecule has 1 unspecified atom stereocenters. The average Bonchev–Trinajstić information content (AvgIpc) is 2.99. The number of imidazole rings is 1. The molecule has 24 heavy (non-hydrogen) atoms. The maximum Gasteiger partial charge on any atom is 0.341 e. The molecule has 0 amide bonds. The van der Waals surface area contributed by atoms with Crippen LogP contribution >= 0.6 is 0 Å². The van der Waals surface area contributed by atoms with Crippen molar-refractivity contribution in [2.24, 2.45) is 0 Å². The number of fused-ring (bicyclic) bond motifs is 1. The number of aromatic nitrogens is 2. The van der Waals surface area contributed by atoms with Crippen molar-refractivity contribution >= 4 is 26.6 Å². The smallest absolute Gasteiger partial charge is 0.341 e. The van der Waals surface area contributed by atoms with Crippen molar-refractivity contribution in [2.75, 3.05) is 5.32 Å². The number of benzene rings is 2. The van der Waals surface area contributed by atoms with Crippen molar-refractivity contribution in [3.05, 3.63) is 54.4 Å². The van der Waals surface area contributed by atoms with Gasteiger partial charge in [0.25, 0.3) is 0 Å². The molecule has 1 atom stereocenters. The first kappa shape index (κ1) is 16.4. The number of anilines is 1.